The van der Waals surface area contributed by atoms with Gasteiger partial charge in [-0.3, -0.25) is 4.79 Å². The Labute approximate surface area is 112 Å². The van der Waals surface area contributed by atoms with Gasteiger partial charge in [0.25, 0.3) is 0 Å². The molecule has 0 bridgehead atoms. The first-order valence-electron chi connectivity index (χ1n) is 6.25. The fourth-order valence-corrected chi connectivity index (χ4v) is 2.07. The molecule has 2 N–H and O–H groups in total. The van der Waals surface area contributed by atoms with Crippen LogP contribution in [0.3, 0.4) is 0 Å². The van der Waals surface area contributed by atoms with Gasteiger partial charge in [0.05, 0.1) is 19.3 Å². The van der Waals surface area contributed by atoms with Crippen molar-refractivity contribution in [3.63, 3.8) is 0 Å². The van der Waals surface area contributed by atoms with Gasteiger partial charge in [-0.1, -0.05) is 0 Å². The number of carbonyl (C=O) groups is 1. The van der Waals surface area contributed by atoms with Crippen LogP contribution in [0, 0.1) is 0 Å². The summed E-state index contributed by atoms with van der Waals surface area (Å²) in [6.45, 7) is 1.19. The van der Waals surface area contributed by atoms with Crippen LogP contribution in [0.25, 0.3) is 0 Å². The van der Waals surface area contributed by atoms with Gasteiger partial charge in [0, 0.05) is 32.5 Å². The molecule has 1 fully saturated rings. The van der Waals surface area contributed by atoms with Crippen LogP contribution in [0.15, 0.2) is 18.3 Å². The number of carbonyl (C=O) groups excluding carboxylic acids is 1. The molecule has 19 heavy (non-hydrogen) atoms. The number of aromatic nitrogens is 1. The Bertz CT molecular complexity index is 439. The molecule has 1 saturated heterocycles. The van der Waals surface area contributed by atoms with E-state index in [-0.39, 0.29) is 18.1 Å². The highest BCUT2D eigenvalue weighted by Crippen LogP contribution is 2.11. The Kier molecular flexibility index (Phi) is 4.70. The summed E-state index contributed by atoms with van der Waals surface area (Å²) < 4.78 is 10.3. The van der Waals surface area contributed by atoms with Crippen molar-refractivity contribution in [2.75, 3.05) is 20.8 Å². The third kappa shape index (κ3) is 3.65. The van der Waals surface area contributed by atoms with E-state index in [1.54, 1.807) is 26.5 Å². The van der Waals surface area contributed by atoms with Gasteiger partial charge in [0.15, 0.2) is 0 Å². The van der Waals surface area contributed by atoms with Crippen molar-refractivity contribution < 1.29 is 14.3 Å². The van der Waals surface area contributed by atoms with E-state index in [1.807, 2.05) is 6.07 Å². The second kappa shape index (κ2) is 6.49. The predicted octanol–water partition coefficient (Wildman–Crippen LogP) is 0.0833. The van der Waals surface area contributed by atoms with E-state index in [9.17, 15) is 4.79 Å². The number of ether oxygens (including phenoxy) is 2. The summed E-state index contributed by atoms with van der Waals surface area (Å²) in [5.74, 6) is 0.542. The molecule has 2 rings (SSSR count). The molecule has 1 aromatic rings. The fourth-order valence-electron chi connectivity index (χ4n) is 2.07. The summed E-state index contributed by atoms with van der Waals surface area (Å²) in [5, 5.41) is 6.04. The summed E-state index contributed by atoms with van der Waals surface area (Å²) >= 11 is 0. The van der Waals surface area contributed by atoms with Gasteiger partial charge in [-0.05, 0) is 18.1 Å². The number of hydrogen-bond donors (Lipinski definition) is 2. The van der Waals surface area contributed by atoms with Gasteiger partial charge in [-0.15, -0.1) is 0 Å². The minimum Gasteiger partial charge on any atom is -0.481 e. The Hall–Kier alpha value is -1.66. The average molecular weight is 265 g/mol. The maximum absolute atomic E-state index is 12.0. The molecule has 0 saturated carbocycles. The van der Waals surface area contributed by atoms with Crippen LogP contribution in [0.2, 0.25) is 0 Å². The summed E-state index contributed by atoms with van der Waals surface area (Å²) in [6, 6.07) is 3.48. The van der Waals surface area contributed by atoms with E-state index in [2.05, 4.69) is 15.6 Å². The lowest BCUT2D eigenvalue weighted by molar-refractivity contribution is -0.123. The zero-order valence-corrected chi connectivity index (χ0v) is 11.2. The molecule has 0 spiro atoms. The second-order valence-corrected chi connectivity index (χ2v) is 4.48. The normalized spacial score (nSPS) is 22.2. The third-order valence-corrected chi connectivity index (χ3v) is 3.22. The van der Waals surface area contributed by atoms with Gasteiger partial charge in [-0.25, -0.2) is 4.98 Å². The second-order valence-electron chi connectivity index (χ2n) is 4.48. The molecular formula is C13H19N3O3. The predicted molar refractivity (Wildman–Crippen MR) is 69.8 cm³/mol. The third-order valence-electron chi connectivity index (χ3n) is 3.22. The maximum Gasteiger partial charge on any atom is 0.237 e. The van der Waals surface area contributed by atoms with Crippen LogP contribution in [0.5, 0.6) is 5.88 Å². The topological polar surface area (TPSA) is 72.5 Å². The zero-order valence-electron chi connectivity index (χ0n) is 11.2. The maximum atomic E-state index is 12.0. The highest BCUT2D eigenvalue weighted by atomic mass is 16.5. The molecule has 2 heterocycles. The molecule has 1 aliphatic heterocycles. The van der Waals surface area contributed by atoms with Crippen LogP contribution < -0.4 is 15.4 Å². The van der Waals surface area contributed by atoms with Gasteiger partial charge < -0.3 is 20.1 Å². The van der Waals surface area contributed by atoms with E-state index in [1.165, 1.54) is 0 Å². The van der Waals surface area contributed by atoms with E-state index in [0.717, 1.165) is 12.1 Å². The fraction of sp³-hybridized carbons (Fsp3) is 0.538. The van der Waals surface area contributed by atoms with Crippen molar-refractivity contribution >= 4 is 5.91 Å². The van der Waals surface area contributed by atoms with Crippen LogP contribution >= 0.6 is 0 Å². The lowest BCUT2D eigenvalue weighted by Gasteiger charge is -2.11. The minimum atomic E-state index is -0.173. The quantitative estimate of drug-likeness (QED) is 0.789. The number of nitrogens with zero attached hydrogens (tertiary/aromatic N) is 1. The SMILES string of the molecule is COc1cc(CNC(=O)C2CC(OC)CN2)ccn1. The number of rotatable bonds is 5. The molecular weight excluding hydrogens is 246 g/mol. The first kappa shape index (κ1) is 13.8. The van der Waals surface area contributed by atoms with E-state index < -0.39 is 0 Å². The van der Waals surface area contributed by atoms with Crippen molar-refractivity contribution in [1.29, 1.82) is 0 Å². The lowest BCUT2D eigenvalue weighted by Crippen LogP contribution is -2.40. The van der Waals surface area contributed by atoms with E-state index in [0.29, 0.717) is 18.8 Å². The zero-order chi connectivity index (χ0) is 13.7. The van der Waals surface area contributed by atoms with E-state index >= 15 is 0 Å². The standard InChI is InChI=1S/C13H19N3O3/c1-18-10-6-11(15-8-10)13(17)16-7-9-3-4-14-12(5-9)19-2/h3-5,10-11,15H,6-8H2,1-2H3,(H,16,17). The first-order chi connectivity index (χ1) is 9.22. The van der Waals surface area contributed by atoms with E-state index in [4.69, 9.17) is 9.47 Å². The first-order valence-corrected chi connectivity index (χ1v) is 6.25. The summed E-state index contributed by atoms with van der Waals surface area (Å²) in [5.41, 5.74) is 0.960. The molecule has 1 amide bonds. The van der Waals surface area contributed by atoms with Crippen molar-refractivity contribution in [3.8, 4) is 5.88 Å². The largest absolute Gasteiger partial charge is 0.481 e. The number of methoxy groups -OCH3 is 2. The van der Waals surface area contributed by atoms with Crippen LogP contribution in [0.1, 0.15) is 12.0 Å². The molecule has 0 radical (unpaired) electrons. The molecule has 1 aliphatic rings. The Morgan fingerprint density at radius 2 is 2.42 bits per heavy atom. The van der Waals surface area contributed by atoms with Crippen molar-refractivity contribution in [2.45, 2.75) is 25.1 Å². The Balaban J connectivity index is 1.83. The average Bonchev–Trinajstić information content (AvgIpc) is 2.94. The van der Waals surface area contributed by atoms with Crippen LogP contribution in [-0.4, -0.2) is 43.8 Å². The molecule has 0 aliphatic carbocycles. The Morgan fingerprint density at radius 3 is 3.11 bits per heavy atom. The highest BCUT2D eigenvalue weighted by molar-refractivity contribution is 5.82. The number of hydrogen-bond acceptors (Lipinski definition) is 5. The molecule has 0 aromatic carbocycles. The highest BCUT2D eigenvalue weighted by Gasteiger charge is 2.28. The van der Waals surface area contributed by atoms with Gasteiger partial charge >= 0.3 is 0 Å². The van der Waals surface area contributed by atoms with Gasteiger partial charge in [-0.2, -0.15) is 0 Å². The van der Waals surface area contributed by atoms with Crippen LogP contribution in [0.4, 0.5) is 0 Å². The molecule has 6 heteroatoms. The molecule has 1 aromatic heterocycles. The molecule has 2 unspecified atom stereocenters. The number of pyridine rings is 1. The van der Waals surface area contributed by atoms with Crippen molar-refractivity contribution in [3.05, 3.63) is 23.9 Å². The van der Waals surface area contributed by atoms with Gasteiger partial charge in [0.1, 0.15) is 0 Å². The van der Waals surface area contributed by atoms with Gasteiger partial charge in [0.2, 0.25) is 11.8 Å². The summed E-state index contributed by atoms with van der Waals surface area (Å²) in [6.07, 6.45) is 2.49. The minimum absolute atomic E-state index is 0.00432. The molecule has 104 valence electrons. The molecule has 2 atom stereocenters. The number of nitrogens with one attached hydrogen (secondary N) is 2. The van der Waals surface area contributed by atoms with Crippen molar-refractivity contribution in [2.24, 2.45) is 0 Å². The number of amides is 1. The van der Waals surface area contributed by atoms with Crippen molar-refractivity contribution in [1.82, 2.24) is 15.6 Å². The summed E-state index contributed by atoms with van der Waals surface area (Å²) in [4.78, 5) is 16.0. The lowest BCUT2D eigenvalue weighted by atomic mass is 10.2. The monoisotopic (exact) mass is 265 g/mol. The van der Waals surface area contributed by atoms with Crippen LogP contribution in [-0.2, 0) is 16.1 Å². The smallest absolute Gasteiger partial charge is 0.237 e. The molecule has 6 nitrogen and oxygen atoms in total. The Morgan fingerprint density at radius 1 is 1.58 bits per heavy atom. The summed E-state index contributed by atoms with van der Waals surface area (Å²) in [7, 11) is 3.23.